The molecule has 10 heteroatoms. The van der Waals surface area contributed by atoms with Crippen molar-refractivity contribution >= 4 is 84.6 Å². The zero-order chi connectivity index (χ0) is 31.4. The first-order valence-corrected chi connectivity index (χ1v) is 14.2. The van der Waals surface area contributed by atoms with Crippen LogP contribution in [0.25, 0.3) is 27.9 Å². The summed E-state index contributed by atoms with van der Waals surface area (Å²) in [6.45, 7) is 3.59. The minimum atomic E-state index is -0.594. The van der Waals surface area contributed by atoms with Crippen LogP contribution in [0.4, 0.5) is 0 Å². The second kappa shape index (κ2) is 11.6. The maximum absolute atomic E-state index is 7.31. The quantitative estimate of drug-likeness (QED) is 0.355. The Bertz CT molecular complexity index is 2020. The second-order valence-electron chi connectivity index (χ2n) is 11.2. The van der Waals surface area contributed by atoms with Crippen molar-refractivity contribution in [3.63, 3.8) is 0 Å². The van der Waals surface area contributed by atoms with E-state index >= 15 is 0 Å². The van der Waals surface area contributed by atoms with Gasteiger partial charge < -0.3 is 0 Å². The number of para-hydroxylation sites is 2. The molecule has 0 amide bonds. The molecule has 3 aromatic carbocycles. The Morgan fingerprint density at radius 2 is 1.39 bits per heavy atom. The van der Waals surface area contributed by atoms with Crippen LogP contribution in [0.15, 0.2) is 128 Å². The molecule has 2 nitrogen and oxygen atoms in total. The summed E-state index contributed by atoms with van der Waals surface area (Å²) in [6.07, 6.45) is 0. The molecule has 0 spiro atoms. The number of aromatic nitrogens is 2. The monoisotopic (exact) mass is 545 g/mol. The third-order valence-electron chi connectivity index (χ3n) is 8.59. The van der Waals surface area contributed by atoms with Gasteiger partial charge in [0, 0.05) is 0 Å². The number of nitrogens with zero attached hydrogens (tertiary/aromatic N) is 2. The van der Waals surface area contributed by atoms with Gasteiger partial charge in [-0.05, 0) is 0 Å². The van der Waals surface area contributed by atoms with E-state index in [0.29, 0.717) is 39.1 Å². The van der Waals surface area contributed by atoms with Crippen LogP contribution >= 0.6 is 0 Å². The molecular formula is C34H21B8N2. The SMILES string of the molecule is [B]C1=C([B])C2=C(n3c(C)nc4ccccc43)/C(=C([B])/C([B])=C(/[B])C)C(=[B])C(c3ccccc3-c3ccccc3)C2C([B])=C1[B]. The first-order chi connectivity index (χ1) is 21.0. The summed E-state index contributed by atoms with van der Waals surface area (Å²) < 4.78 is 1.97. The van der Waals surface area contributed by atoms with E-state index in [1.165, 1.54) is 0 Å². The molecular weight excluding hydrogens is 523 g/mol. The maximum atomic E-state index is 7.31. The topological polar surface area (TPSA) is 17.8 Å². The standard InChI is InChI=1S/C34H21B8N2/c1-16(35)27(36)31(40)26-28(37)23(20-13-7-6-12-19(20)18-10-4-3-5-11-18)24-25(30(39)33(42)32(41)29(24)38)34(26)44-17(2)43-21-14-8-9-15-22(21)44/h3-15,23-24H,1-2H3/b27-16-,31-26-. The van der Waals surface area contributed by atoms with E-state index in [1.807, 2.05) is 84.3 Å². The fraction of sp³-hybridized carbons (Fsp3) is 0.118. The van der Waals surface area contributed by atoms with Gasteiger partial charge in [0.05, 0.1) is 0 Å². The fourth-order valence-corrected chi connectivity index (χ4v) is 6.45. The van der Waals surface area contributed by atoms with E-state index in [1.54, 1.807) is 6.92 Å². The summed E-state index contributed by atoms with van der Waals surface area (Å²) in [5.41, 5.74) is 8.36. The molecule has 191 valence electrons. The van der Waals surface area contributed by atoms with Gasteiger partial charge in [0.15, 0.2) is 0 Å². The molecule has 2 aliphatic carbocycles. The van der Waals surface area contributed by atoms with E-state index < -0.39 is 11.8 Å². The summed E-state index contributed by atoms with van der Waals surface area (Å²) in [6, 6.07) is 25.8. The molecule has 0 N–H and O–H groups in total. The van der Waals surface area contributed by atoms with Crippen LogP contribution in [0.2, 0.25) is 0 Å². The zero-order valence-corrected chi connectivity index (χ0v) is 24.7. The van der Waals surface area contributed by atoms with Crippen LogP contribution in [0.5, 0.6) is 0 Å². The Hall–Kier alpha value is -3.78. The molecule has 0 aliphatic heterocycles. The second-order valence-corrected chi connectivity index (χ2v) is 11.2. The van der Waals surface area contributed by atoms with E-state index in [-0.39, 0.29) is 27.4 Å². The fourth-order valence-electron chi connectivity index (χ4n) is 6.45. The molecule has 2 atom stereocenters. The van der Waals surface area contributed by atoms with Crippen molar-refractivity contribution in [2.75, 3.05) is 0 Å². The number of imidazole rings is 1. The van der Waals surface area contributed by atoms with Crippen LogP contribution in [-0.2, 0) is 0 Å². The summed E-state index contributed by atoms with van der Waals surface area (Å²) in [5.74, 6) is -0.471. The Kier molecular flexibility index (Phi) is 7.99. The number of fused-ring (bicyclic) bond motifs is 2. The van der Waals surface area contributed by atoms with Gasteiger partial charge in [-0.15, -0.1) is 0 Å². The van der Waals surface area contributed by atoms with Crippen LogP contribution in [0, 0.1) is 12.8 Å². The van der Waals surface area contributed by atoms with Crippen molar-refractivity contribution < 1.29 is 0 Å². The van der Waals surface area contributed by atoms with Gasteiger partial charge in [-0.1, -0.05) is 0 Å². The molecule has 4 aromatic rings. The van der Waals surface area contributed by atoms with Gasteiger partial charge in [0.2, 0.25) is 0 Å². The third kappa shape index (κ3) is 4.69. The van der Waals surface area contributed by atoms with Gasteiger partial charge in [0.1, 0.15) is 0 Å². The molecule has 6 rings (SSSR count). The zero-order valence-electron chi connectivity index (χ0n) is 24.7. The van der Waals surface area contributed by atoms with Gasteiger partial charge in [-0.25, -0.2) is 0 Å². The Balaban J connectivity index is 1.81. The predicted molar refractivity (Wildman–Crippen MR) is 191 cm³/mol. The molecule has 44 heavy (non-hydrogen) atoms. The third-order valence-corrected chi connectivity index (χ3v) is 8.59. The molecule has 15 radical (unpaired) electrons. The number of rotatable bonds is 4. The average molecular weight is 544 g/mol. The van der Waals surface area contributed by atoms with E-state index in [2.05, 4.69) is 6.07 Å². The summed E-state index contributed by atoms with van der Waals surface area (Å²) >= 11 is 0. The molecule has 0 saturated heterocycles. The van der Waals surface area contributed by atoms with Crippen molar-refractivity contribution in [2.45, 2.75) is 19.8 Å². The molecule has 2 aliphatic rings. The van der Waals surface area contributed by atoms with E-state index in [4.69, 9.17) is 67.4 Å². The van der Waals surface area contributed by atoms with Crippen molar-refractivity contribution in [1.29, 1.82) is 0 Å². The molecule has 0 saturated carbocycles. The van der Waals surface area contributed by atoms with Crippen LogP contribution in [-0.4, -0.2) is 77.4 Å². The summed E-state index contributed by atoms with van der Waals surface area (Å²) in [4.78, 5) is 4.82. The number of hydrogen-bond acceptors (Lipinski definition) is 1. The normalized spacial score (nSPS) is 20.6. The van der Waals surface area contributed by atoms with Crippen molar-refractivity contribution in [1.82, 2.24) is 9.55 Å². The summed E-state index contributed by atoms with van der Waals surface area (Å²) in [7, 11) is 53.9. The van der Waals surface area contributed by atoms with Gasteiger partial charge >= 0.3 is 271 Å². The number of hydrogen-bond donors (Lipinski definition) is 0. The van der Waals surface area contributed by atoms with Gasteiger partial charge in [-0.2, -0.15) is 0 Å². The van der Waals surface area contributed by atoms with E-state index in [9.17, 15) is 0 Å². The first-order valence-electron chi connectivity index (χ1n) is 14.2. The van der Waals surface area contributed by atoms with Crippen LogP contribution < -0.4 is 0 Å². The van der Waals surface area contributed by atoms with Crippen LogP contribution in [0.1, 0.15) is 24.2 Å². The predicted octanol–water partition coefficient (Wildman–Crippen LogP) is 4.08. The molecule has 0 bridgehead atoms. The average Bonchev–Trinajstić information content (AvgIpc) is 3.37. The molecule has 1 heterocycles. The number of allylic oxidation sites excluding steroid dienone is 10. The minimum absolute atomic E-state index is 0.181. The number of aryl methyl sites for hydroxylation is 1. The molecule has 2 unspecified atom stereocenters. The van der Waals surface area contributed by atoms with Gasteiger partial charge in [-0.3, -0.25) is 0 Å². The van der Waals surface area contributed by atoms with Crippen molar-refractivity contribution in [2.24, 2.45) is 5.92 Å². The number of benzene rings is 3. The van der Waals surface area contributed by atoms with Crippen LogP contribution in [0.3, 0.4) is 0 Å². The van der Waals surface area contributed by atoms with Crippen molar-refractivity contribution in [3.05, 3.63) is 140 Å². The Labute approximate surface area is 269 Å². The molecule has 1 aromatic heterocycles. The van der Waals surface area contributed by atoms with Gasteiger partial charge in [0.25, 0.3) is 0 Å². The van der Waals surface area contributed by atoms with E-state index in [0.717, 1.165) is 27.7 Å². The van der Waals surface area contributed by atoms with Crippen molar-refractivity contribution in [3.8, 4) is 11.1 Å². The molecule has 0 fully saturated rings. The Morgan fingerprint density at radius 1 is 0.750 bits per heavy atom. The Morgan fingerprint density at radius 3 is 2.09 bits per heavy atom. The first kappa shape index (κ1) is 30.3. The summed E-state index contributed by atoms with van der Waals surface area (Å²) in [5, 5.41) is 0.